The van der Waals surface area contributed by atoms with E-state index in [1.54, 1.807) is 0 Å². The van der Waals surface area contributed by atoms with Crippen molar-refractivity contribution in [3.8, 4) is 11.4 Å². The van der Waals surface area contributed by atoms with Gasteiger partial charge in [0.25, 0.3) is 11.5 Å². The van der Waals surface area contributed by atoms with Crippen molar-refractivity contribution in [2.45, 2.75) is 0 Å². The summed E-state index contributed by atoms with van der Waals surface area (Å²) < 4.78 is 29.9. The average molecular weight is 525 g/mol. The lowest BCUT2D eigenvalue weighted by atomic mass is 10.0. The zero-order valence-corrected chi connectivity index (χ0v) is 18.8. The van der Waals surface area contributed by atoms with Crippen LogP contribution in [-0.4, -0.2) is 21.4 Å². The van der Waals surface area contributed by atoms with Gasteiger partial charge < -0.3 is 10.4 Å². The van der Waals surface area contributed by atoms with Crippen LogP contribution >= 0.6 is 15.9 Å². The maximum atomic E-state index is 14.5. The van der Waals surface area contributed by atoms with Crippen LogP contribution in [0.2, 0.25) is 0 Å². The van der Waals surface area contributed by atoms with Crippen molar-refractivity contribution < 1.29 is 23.5 Å². The lowest BCUT2D eigenvalue weighted by Crippen LogP contribution is -2.30. The highest BCUT2D eigenvalue weighted by atomic mass is 79.9. The van der Waals surface area contributed by atoms with Gasteiger partial charge in [0.2, 0.25) is 0 Å². The number of anilines is 1. The molecular weight excluding hydrogens is 510 g/mol. The number of carbonyl (C=O) groups excluding carboxylic acids is 2. The first kappa shape index (κ1) is 23.1. The number of para-hydroxylation sites is 2. The molecule has 0 aliphatic heterocycles. The molecule has 0 fully saturated rings. The minimum absolute atomic E-state index is 0.103. The molecule has 1 heterocycles. The highest BCUT2D eigenvalue weighted by Gasteiger charge is 2.22. The Kier molecular flexibility index (Phi) is 6.38. The summed E-state index contributed by atoms with van der Waals surface area (Å²) in [6, 6.07) is 15.9. The molecule has 0 saturated carbocycles. The average Bonchev–Trinajstić information content (AvgIpc) is 2.82. The molecule has 6 nitrogen and oxygen atoms in total. The minimum atomic E-state index is -0.992. The molecule has 0 bridgehead atoms. The highest BCUT2D eigenvalue weighted by molar-refractivity contribution is 9.10. The second kappa shape index (κ2) is 9.40. The number of ketones is 1. The van der Waals surface area contributed by atoms with Gasteiger partial charge in [0, 0.05) is 16.2 Å². The van der Waals surface area contributed by atoms with Crippen LogP contribution in [0.1, 0.15) is 26.3 Å². The van der Waals surface area contributed by atoms with Crippen molar-refractivity contribution in [2.75, 3.05) is 5.32 Å². The molecule has 0 aliphatic rings. The molecule has 9 heteroatoms. The number of hydrogen-bond acceptors (Lipinski definition) is 4. The quantitative estimate of drug-likeness (QED) is 0.357. The van der Waals surface area contributed by atoms with Crippen LogP contribution in [0.4, 0.5) is 14.5 Å². The Morgan fingerprint density at radius 1 is 0.882 bits per heavy atom. The Labute approximate surface area is 200 Å². The van der Waals surface area contributed by atoms with Gasteiger partial charge >= 0.3 is 0 Å². The normalized spacial score (nSPS) is 10.7. The molecule has 34 heavy (non-hydrogen) atoms. The van der Waals surface area contributed by atoms with Crippen molar-refractivity contribution in [1.29, 1.82) is 0 Å². The van der Waals surface area contributed by atoms with Crippen molar-refractivity contribution in [1.82, 2.24) is 4.57 Å². The van der Waals surface area contributed by atoms with Gasteiger partial charge in [0.05, 0.1) is 16.9 Å². The zero-order chi connectivity index (χ0) is 24.4. The van der Waals surface area contributed by atoms with Crippen LogP contribution in [0.3, 0.4) is 0 Å². The zero-order valence-electron chi connectivity index (χ0n) is 17.3. The summed E-state index contributed by atoms with van der Waals surface area (Å²) in [7, 11) is 0. The molecule has 4 aromatic rings. The lowest BCUT2D eigenvalue weighted by molar-refractivity contribution is 0.102. The largest absolute Gasteiger partial charge is 0.507 e. The van der Waals surface area contributed by atoms with Crippen molar-refractivity contribution in [3.05, 3.63) is 122 Å². The third-order valence-corrected chi connectivity index (χ3v) is 5.45. The summed E-state index contributed by atoms with van der Waals surface area (Å²) in [6.07, 6.45) is 1.09. The molecule has 0 saturated heterocycles. The number of pyridine rings is 1. The van der Waals surface area contributed by atoms with Crippen LogP contribution in [0.5, 0.6) is 5.75 Å². The van der Waals surface area contributed by atoms with E-state index >= 15 is 0 Å². The maximum Gasteiger partial charge on any atom is 0.268 e. The fraction of sp³-hybridized carbons (Fsp3) is 0. The van der Waals surface area contributed by atoms with E-state index in [4.69, 9.17) is 0 Å². The molecule has 0 radical (unpaired) electrons. The van der Waals surface area contributed by atoms with E-state index in [1.165, 1.54) is 54.6 Å². The highest BCUT2D eigenvalue weighted by Crippen LogP contribution is 2.25. The van der Waals surface area contributed by atoms with Crippen molar-refractivity contribution in [2.24, 2.45) is 0 Å². The molecule has 0 aliphatic carbocycles. The molecule has 0 spiro atoms. The van der Waals surface area contributed by atoms with Crippen LogP contribution in [0.25, 0.3) is 5.69 Å². The molecule has 4 rings (SSSR count). The number of benzene rings is 3. The Hall–Kier alpha value is -4.11. The third kappa shape index (κ3) is 4.51. The van der Waals surface area contributed by atoms with Crippen molar-refractivity contribution in [3.63, 3.8) is 0 Å². The summed E-state index contributed by atoms with van der Waals surface area (Å²) >= 11 is 3.22. The van der Waals surface area contributed by atoms with E-state index in [1.807, 2.05) is 0 Å². The first-order valence-electron chi connectivity index (χ1n) is 9.87. The van der Waals surface area contributed by atoms with Gasteiger partial charge in [-0.15, -0.1) is 0 Å². The second-order valence-electron chi connectivity index (χ2n) is 7.19. The number of amides is 1. The van der Waals surface area contributed by atoms with Gasteiger partial charge in [0.15, 0.2) is 5.78 Å². The SMILES string of the molecule is O=C(c1cc(C(=O)Nc2ccccc2F)c(=O)n(-c2ccccc2F)c1)c1cc(Br)ccc1O. The number of rotatable bonds is 5. The summed E-state index contributed by atoms with van der Waals surface area (Å²) in [5, 5.41) is 12.5. The summed E-state index contributed by atoms with van der Waals surface area (Å²) in [5.41, 5.74) is -2.09. The van der Waals surface area contributed by atoms with E-state index in [0.717, 1.165) is 29.0 Å². The predicted molar refractivity (Wildman–Crippen MR) is 126 cm³/mol. The fourth-order valence-electron chi connectivity index (χ4n) is 3.29. The standard InChI is InChI=1S/C25H15BrF2N2O4/c26-15-9-10-22(31)16(12-15)23(32)14-11-17(24(33)29-20-7-3-1-5-18(20)27)25(34)30(13-14)21-8-4-2-6-19(21)28/h1-13,31H,(H,29,33). The van der Waals surface area contributed by atoms with Crippen LogP contribution in [-0.2, 0) is 0 Å². The fourth-order valence-corrected chi connectivity index (χ4v) is 3.65. The molecule has 0 atom stereocenters. The monoisotopic (exact) mass is 524 g/mol. The summed E-state index contributed by atoms with van der Waals surface area (Å²) in [5.74, 6) is -3.53. The number of halogens is 3. The van der Waals surface area contributed by atoms with Gasteiger partial charge in [0.1, 0.15) is 22.9 Å². The third-order valence-electron chi connectivity index (χ3n) is 4.96. The van der Waals surface area contributed by atoms with Crippen LogP contribution in [0, 0.1) is 11.6 Å². The van der Waals surface area contributed by atoms with Gasteiger partial charge in [-0.1, -0.05) is 40.2 Å². The number of phenols is 1. The molecule has 1 aromatic heterocycles. The molecular formula is C25H15BrF2N2O4. The van der Waals surface area contributed by atoms with E-state index in [0.29, 0.717) is 4.47 Å². The van der Waals surface area contributed by atoms with Gasteiger partial charge in [-0.05, 0) is 48.5 Å². The van der Waals surface area contributed by atoms with E-state index < -0.39 is 34.4 Å². The number of carbonyl (C=O) groups is 2. The first-order chi connectivity index (χ1) is 16.3. The number of aromatic nitrogens is 1. The van der Waals surface area contributed by atoms with Crippen molar-refractivity contribution >= 4 is 33.3 Å². The first-order valence-corrected chi connectivity index (χ1v) is 10.7. The second-order valence-corrected chi connectivity index (χ2v) is 8.11. The van der Waals surface area contributed by atoms with Crippen LogP contribution in [0.15, 0.2) is 88.3 Å². The number of phenolic OH excluding ortho intramolecular Hbond substituents is 1. The number of hydrogen-bond donors (Lipinski definition) is 2. The van der Waals surface area contributed by atoms with Gasteiger partial charge in [-0.2, -0.15) is 0 Å². The minimum Gasteiger partial charge on any atom is -0.507 e. The van der Waals surface area contributed by atoms with E-state index in [2.05, 4.69) is 21.2 Å². The lowest BCUT2D eigenvalue weighted by Gasteiger charge is -2.13. The van der Waals surface area contributed by atoms with E-state index in [9.17, 15) is 28.3 Å². The number of aromatic hydroxyl groups is 1. The van der Waals surface area contributed by atoms with E-state index in [-0.39, 0.29) is 28.3 Å². The molecule has 170 valence electrons. The predicted octanol–water partition coefficient (Wildman–Crippen LogP) is 5.07. The molecule has 2 N–H and O–H groups in total. The Morgan fingerprint density at radius 3 is 2.26 bits per heavy atom. The molecule has 1 amide bonds. The number of nitrogens with one attached hydrogen (secondary N) is 1. The maximum absolute atomic E-state index is 14.5. The van der Waals surface area contributed by atoms with Gasteiger partial charge in [-0.25, -0.2) is 8.78 Å². The summed E-state index contributed by atoms with van der Waals surface area (Å²) in [6.45, 7) is 0. The van der Waals surface area contributed by atoms with Gasteiger partial charge in [-0.3, -0.25) is 19.0 Å². The molecule has 0 unspecified atom stereocenters. The Morgan fingerprint density at radius 2 is 1.56 bits per heavy atom. The number of nitrogens with zero attached hydrogens (tertiary/aromatic N) is 1. The van der Waals surface area contributed by atoms with Crippen LogP contribution < -0.4 is 10.9 Å². The topological polar surface area (TPSA) is 88.4 Å². The Balaban J connectivity index is 1.90. The Bertz CT molecular complexity index is 1500. The molecule has 3 aromatic carbocycles. The smallest absolute Gasteiger partial charge is 0.268 e. The summed E-state index contributed by atoms with van der Waals surface area (Å²) in [4.78, 5) is 39.3.